The minimum atomic E-state index is -3.61. The van der Waals surface area contributed by atoms with Gasteiger partial charge in [-0.05, 0) is 12.0 Å². The second-order valence-electron chi connectivity index (χ2n) is 3.71. The number of unbranched alkanes of at least 4 members (excludes halogenated alkanes) is 1. The Balaban J connectivity index is 2.85. The number of nitriles is 1. The van der Waals surface area contributed by atoms with Crippen molar-refractivity contribution in [3.8, 4) is 6.07 Å². The monoisotopic (exact) mass is 252 g/mol. The maximum atomic E-state index is 11.9. The van der Waals surface area contributed by atoms with Gasteiger partial charge in [0.1, 0.15) is 0 Å². The van der Waals surface area contributed by atoms with Gasteiger partial charge in [-0.1, -0.05) is 43.7 Å². The predicted molar refractivity (Wildman–Crippen MR) is 66.6 cm³/mol. The van der Waals surface area contributed by atoms with Gasteiger partial charge in [0.05, 0.1) is 6.07 Å². The zero-order chi connectivity index (χ0) is 12.7. The second-order valence-corrected chi connectivity index (χ2v) is 5.56. The lowest BCUT2D eigenvalue weighted by Crippen LogP contribution is -2.29. The van der Waals surface area contributed by atoms with Gasteiger partial charge in [0.15, 0.2) is 5.25 Å². The summed E-state index contributed by atoms with van der Waals surface area (Å²) in [5.41, 5.74) is 0.499. The third kappa shape index (κ3) is 3.84. The quantitative estimate of drug-likeness (QED) is 0.787. The molecule has 0 saturated heterocycles. The van der Waals surface area contributed by atoms with Gasteiger partial charge in [0, 0.05) is 6.54 Å². The van der Waals surface area contributed by atoms with E-state index in [1.807, 2.05) is 13.0 Å². The van der Waals surface area contributed by atoms with Crippen molar-refractivity contribution in [3.05, 3.63) is 35.9 Å². The summed E-state index contributed by atoms with van der Waals surface area (Å²) >= 11 is 0. The Morgan fingerprint density at radius 3 is 2.53 bits per heavy atom. The first-order valence-electron chi connectivity index (χ1n) is 5.55. The molecule has 0 aliphatic rings. The van der Waals surface area contributed by atoms with E-state index in [0.29, 0.717) is 12.1 Å². The third-order valence-corrected chi connectivity index (χ3v) is 3.97. The SMILES string of the molecule is CCCCNS(=O)(=O)C(C#N)c1ccccc1. The molecule has 0 radical (unpaired) electrons. The molecule has 0 saturated carbocycles. The number of rotatable bonds is 6. The van der Waals surface area contributed by atoms with Crippen molar-refractivity contribution >= 4 is 10.0 Å². The van der Waals surface area contributed by atoms with Crippen LogP contribution in [0.3, 0.4) is 0 Å². The van der Waals surface area contributed by atoms with Crippen LogP contribution in [0.4, 0.5) is 0 Å². The Kier molecular flexibility index (Phi) is 5.13. The van der Waals surface area contributed by atoms with E-state index in [0.717, 1.165) is 12.8 Å². The van der Waals surface area contributed by atoms with Gasteiger partial charge in [-0.2, -0.15) is 5.26 Å². The van der Waals surface area contributed by atoms with Crippen LogP contribution in [0.15, 0.2) is 30.3 Å². The lowest BCUT2D eigenvalue weighted by atomic mass is 10.2. The first-order chi connectivity index (χ1) is 8.11. The van der Waals surface area contributed by atoms with E-state index in [4.69, 9.17) is 5.26 Å². The molecule has 0 heterocycles. The van der Waals surface area contributed by atoms with Crippen molar-refractivity contribution in [1.29, 1.82) is 5.26 Å². The fourth-order valence-corrected chi connectivity index (χ4v) is 2.68. The van der Waals surface area contributed by atoms with E-state index in [9.17, 15) is 8.42 Å². The van der Waals surface area contributed by atoms with E-state index in [1.54, 1.807) is 30.3 Å². The molecule has 1 N–H and O–H groups in total. The van der Waals surface area contributed by atoms with Gasteiger partial charge < -0.3 is 0 Å². The summed E-state index contributed by atoms with van der Waals surface area (Å²) in [6.45, 7) is 2.36. The normalized spacial score (nSPS) is 12.9. The van der Waals surface area contributed by atoms with E-state index < -0.39 is 15.3 Å². The standard InChI is InChI=1S/C12H16N2O2S/c1-2-3-9-14-17(15,16)12(10-13)11-7-5-4-6-8-11/h4-8,12,14H,2-3,9H2,1H3. The number of hydrogen-bond acceptors (Lipinski definition) is 3. The summed E-state index contributed by atoms with van der Waals surface area (Å²) < 4.78 is 26.3. The van der Waals surface area contributed by atoms with Gasteiger partial charge in [-0.25, -0.2) is 13.1 Å². The van der Waals surface area contributed by atoms with Crippen LogP contribution < -0.4 is 4.72 Å². The van der Waals surface area contributed by atoms with Crippen LogP contribution in [-0.4, -0.2) is 15.0 Å². The number of sulfonamides is 1. The van der Waals surface area contributed by atoms with Crippen LogP contribution >= 0.6 is 0 Å². The van der Waals surface area contributed by atoms with Crippen LogP contribution in [0.25, 0.3) is 0 Å². The molecular weight excluding hydrogens is 236 g/mol. The lowest BCUT2D eigenvalue weighted by Gasteiger charge is -2.11. The summed E-state index contributed by atoms with van der Waals surface area (Å²) in [6.07, 6.45) is 1.68. The maximum absolute atomic E-state index is 11.9. The Bertz CT molecular complexity index is 477. The van der Waals surface area contributed by atoms with Crippen molar-refractivity contribution < 1.29 is 8.42 Å². The van der Waals surface area contributed by atoms with Crippen LogP contribution in [0.5, 0.6) is 0 Å². The molecule has 1 rings (SSSR count). The molecule has 1 atom stereocenters. The van der Waals surface area contributed by atoms with Crippen molar-refractivity contribution in [1.82, 2.24) is 4.72 Å². The molecule has 0 spiro atoms. The van der Waals surface area contributed by atoms with E-state index in [1.165, 1.54) is 0 Å². The Morgan fingerprint density at radius 2 is 2.00 bits per heavy atom. The summed E-state index contributed by atoms with van der Waals surface area (Å²) in [5, 5.41) is 7.86. The largest absolute Gasteiger partial charge is 0.232 e. The summed E-state index contributed by atoms with van der Waals surface area (Å²) in [7, 11) is -3.61. The van der Waals surface area contributed by atoms with Crippen LogP contribution in [0.2, 0.25) is 0 Å². The van der Waals surface area contributed by atoms with Gasteiger partial charge >= 0.3 is 0 Å². The smallest absolute Gasteiger partial charge is 0.214 e. The highest BCUT2D eigenvalue weighted by Gasteiger charge is 2.26. The molecule has 0 fully saturated rings. The Morgan fingerprint density at radius 1 is 1.35 bits per heavy atom. The summed E-state index contributed by atoms with van der Waals surface area (Å²) in [6, 6.07) is 10.4. The fourth-order valence-electron chi connectivity index (χ4n) is 1.43. The van der Waals surface area contributed by atoms with Crippen LogP contribution in [0, 0.1) is 11.3 Å². The van der Waals surface area contributed by atoms with Crippen LogP contribution in [0.1, 0.15) is 30.6 Å². The average Bonchev–Trinajstić information content (AvgIpc) is 2.31. The van der Waals surface area contributed by atoms with Crippen molar-refractivity contribution in [2.45, 2.75) is 25.0 Å². The Labute approximate surface area is 102 Å². The first kappa shape index (κ1) is 13.7. The summed E-state index contributed by atoms with van der Waals surface area (Å²) in [5.74, 6) is 0. The van der Waals surface area contributed by atoms with Gasteiger partial charge in [-0.15, -0.1) is 0 Å². The van der Waals surface area contributed by atoms with Crippen LogP contribution in [-0.2, 0) is 10.0 Å². The molecule has 1 aromatic rings. The molecule has 0 bridgehead atoms. The minimum Gasteiger partial charge on any atom is -0.214 e. The minimum absolute atomic E-state index is 0.379. The van der Waals surface area contributed by atoms with E-state index in [2.05, 4.69) is 4.72 Å². The van der Waals surface area contributed by atoms with Gasteiger partial charge in [0.25, 0.3) is 0 Å². The molecule has 0 aliphatic heterocycles. The molecular formula is C12H16N2O2S. The average molecular weight is 252 g/mol. The zero-order valence-electron chi connectivity index (χ0n) is 9.76. The highest BCUT2D eigenvalue weighted by atomic mass is 32.2. The first-order valence-corrected chi connectivity index (χ1v) is 7.09. The highest BCUT2D eigenvalue weighted by Crippen LogP contribution is 2.20. The number of nitrogens with zero attached hydrogens (tertiary/aromatic N) is 1. The molecule has 92 valence electrons. The number of benzene rings is 1. The molecule has 0 aliphatic carbocycles. The molecule has 4 nitrogen and oxygen atoms in total. The molecule has 1 unspecified atom stereocenters. The molecule has 5 heteroatoms. The van der Waals surface area contributed by atoms with Gasteiger partial charge in [-0.3, -0.25) is 0 Å². The van der Waals surface area contributed by atoms with E-state index >= 15 is 0 Å². The van der Waals surface area contributed by atoms with E-state index in [-0.39, 0.29) is 0 Å². The highest BCUT2D eigenvalue weighted by molar-refractivity contribution is 7.90. The zero-order valence-corrected chi connectivity index (χ0v) is 10.6. The molecule has 0 amide bonds. The Hall–Kier alpha value is -1.38. The maximum Gasteiger partial charge on any atom is 0.232 e. The molecule has 1 aromatic carbocycles. The second kappa shape index (κ2) is 6.38. The van der Waals surface area contributed by atoms with Crippen molar-refractivity contribution in [3.63, 3.8) is 0 Å². The van der Waals surface area contributed by atoms with Crippen molar-refractivity contribution in [2.75, 3.05) is 6.54 Å². The van der Waals surface area contributed by atoms with Gasteiger partial charge in [0.2, 0.25) is 10.0 Å². The van der Waals surface area contributed by atoms with Crippen molar-refractivity contribution in [2.24, 2.45) is 0 Å². The topological polar surface area (TPSA) is 70.0 Å². The predicted octanol–water partition coefficient (Wildman–Crippen LogP) is 1.97. The lowest BCUT2D eigenvalue weighted by molar-refractivity contribution is 0.573. The number of nitrogens with one attached hydrogen (secondary N) is 1. The molecule has 17 heavy (non-hydrogen) atoms. The number of hydrogen-bond donors (Lipinski definition) is 1. The fraction of sp³-hybridized carbons (Fsp3) is 0.417. The summed E-state index contributed by atoms with van der Waals surface area (Å²) in [4.78, 5) is 0. The molecule has 0 aromatic heterocycles. The third-order valence-electron chi connectivity index (χ3n) is 2.36.